The van der Waals surface area contributed by atoms with Crippen molar-refractivity contribution < 1.29 is 14.7 Å². The monoisotopic (exact) mass is 263 g/mol. The fourth-order valence-electron chi connectivity index (χ4n) is 2.35. The van der Waals surface area contributed by atoms with Gasteiger partial charge in [-0.25, -0.2) is 4.79 Å². The zero-order valence-corrected chi connectivity index (χ0v) is 10.8. The lowest BCUT2D eigenvalue weighted by Gasteiger charge is -2.16. The highest BCUT2D eigenvalue weighted by molar-refractivity contribution is 5.88. The van der Waals surface area contributed by atoms with E-state index in [2.05, 4.69) is 15.2 Å². The van der Waals surface area contributed by atoms with Crippen LogP contribution in [0.25, 0.3) is 0 Å². The molecule has 2 heterocycles. The summed E-state index contributed by atoms with van der Waals surface area (Å²) in [5, 5.41) is 12.0. The van der Waals surface area contributed by atoms with Gasteiger partial charge in [0.25, 0.3) is 0 Å². The number of rotatable bonds is 4. The molecule has 0 saturated carbocycles. The summed E-state index contributed by atoms with van der Waals surface area (Å²) in [6.07, 6.45) is 2.48. The number of carboxylic acids is 1. The van der Waals surface area contributed by atoms with Gasteiger partial charge < -0.3 is 10.4 Å². The standard InChI is InChI=1S/C13H17N3O3/c1-9(17)15-10-4-6-16(7-10)8-12-11(13(18)19)3-2-5-14-12/h2-3,5,10H,4,6-8H2,1H3,(H,15,17)(H,18,19). The second kappa shape index (κ2) is 5.79. The summed E-state index contributed by atoms with van der Waals surface area (Å²) < 4.78 is 0. The largest absolute Gasteiger partial charge is 0.478 e. The smallest absolute Gasteiger partial charge is 0.337 e. The second-order valence-electron chi connectivity index (χ2n) is 4.72. The minimum absolute atomic E-state index is 0.0316. The van der Waals surface area contributed by atoms with E-state index in [-0.39, 0.29) is 17.5 Å². The van der Waals surface area contributed by atoms with Gasteiger partial charge in [-0.05, 0) is 18.6 Å². The molecule has 102 valence electrons. The molecule has 1 aliphatic heterocycles. The van der Waals surface area contributed by atoms with E-state index in [0.29, 0.717) is 12.2 Å². The molecule has 1 aromatic rings. The van der Waals surface area contributed by atoms with Gasteiger partial charge in [0.2, 0.25) is 5.91 Å². The molecule has 1 aliphatic rings. The Morgan fingerprint density at radius 3 is 3.05 bits per heavy atom. The lowest BCUT2D eigenvalue weighted by molar-refractivity contribution is -0.119. The summed E-state index contributed by atoms with van der Waals surface area (Å²) in [5.41, 5.74) is 0.809. The Bertz CT molecular complexity index is 490. The Morgan fingerprint density at radius 1 is 1.58 bits per heavy atom. The van der Waals surface area contributed by atoms with Crippen LogP contribution in [0.1, 0.15) is 29.4 Å². The minimum Gasteiger partial charge on any atom is -0.478 e. The van der Waals surface area contributed by atoms with Crippen molar-refractivity contribution >= 4 is 11.9 Å². The Balaban J connectivity index is 1.99. The molecule has 1 atom stereocenters. The highest BCUT2D eigenvalue weighted by Crippen LogP contribution is 2.15. The van der Waals surface area contributed by atoms with E-state index in [0.717, 1.165) is 19.5 Å². The third-order valence-corrected chi connectivity index (χ3v) is 3.17. The lowest BCUT2D eigenvalue weighted by Crippen LogP contribution is -2.35. The van der Waals surface area contributed by atoms with Crippen molar-refractivity contribution in [2.45, 2.75) is 25.9 Å². The van der Waals surface area contributed by atoms with E-state index >= 15 is 0 Å². The minimum atomic E-state index is -0.958. The van der Waals surface area contributed by atoms with Gasteiger partial charge in [-0.2, -0.15) is 0 Å². The van der Waals surface area contributed by atoms with Crippen molar-refractivity contribution in [3.05, 3.63) is 29.6 Å². The zero-order valence-electron chi connectivity index (χ0n) is 10.8. The van der Waals surface area contributed by atoms with Gasteiger partial charge in [-0.1, -0.05) is 0 Å². The number of hydrogen-bond donors (Lipinski definition) is 2. The van der Waals surface area contributed by atoms with Crippen LogP contribution in [0.3, 0.4) is 0 Å². The predicted octanol–water partition coefficient (Wildman–Crippen LogP) is 0.490. The zero-order chi connectivity index (χ0) is 13.8. The first-order chi connectivity index (χ1) is 9.06. The van der Waals surface area contributed by atoms with Gasteiger partial charge >= 0.3 is 5.97 Å². The summed E-state index contributed by atoms with van der Waals surface area (Å²) in [5.74, 6) is -0.989. The summed E-state index contributed by atoms with van der Waals surface area (Å²) in [6.45, 7) is 3.57. The maximum Gasteiger partial charge on any atom is 0.337 e. The number of carboxylic acid groups (broad SMARTS) is 1. The molecule has 2 N–H and O–H groups in total. The molecule has 0 bridgehead atoms. The van der Waals surface area contributed by atoms with Crippen LogP contribution >= 0.6 is 0 Å². The van der Waals surface area contributed by atoms with Crippen molar-refractivity contribution in [3.63, 3.8) is 0 Å². The van der Waals surface area contributed by atoms with Crippen LogP contribution in [-0.2, 0) is 11.3 Å². The van der Waals surface area contributed by atoms with Crippen molar-refractivity contribution in [3.8, 4) is 0 Å². The number of nitrogens with zero attached hydrogens (tertiary/aromatic N) is 2. The van der Waals surface area contributed by atoms with E-state index in [4.69, 9.17) is 5.11 Å². The molecule has 19 heavy (non-hydrogen) atoms. The molecule has 0 spiro atoms. The Labute approximate surface area is 111 Å². The van der Waals surface area contributed by atoms with Crippen LogP contribution in [0.2, 0.25) is 0 Å². The SMILES string of the molecule is CC(=O)NC1CCN(Cc2ncccc2C(=O)O)C1. The molecule has 1 saturated heterocycles. The van der Waals surface area contributed by atoms with Gasteiger partial charge in [-0.15, -0.1) is 0 Å². The summed E-state index contributed by atoms with van der Waals surface area (Å²) in [6, 6.07) is 3.33. The summed E-state index contributed by atoms with van der Waals surface area (Å²) >= 11 is 0. The van der Waals surface area contributed by atoms with Crippen LogP contribution in [0, 0.1) is 0 Å². The lowest BCUT2D eigenvalue weighted by atomic mass is 10.2. The molecule has 6 heteroatoms. The normalized spacial score (nSPS) is 19.3. The van der Waals surface area contributed by atoms with E-state index in [1.54, 1.807) is 18.3 Å². The number of likely N-dealkylation sites (tertiary alicyclic amines) is 1. The van der Waals surface area contributed by atoms with Crippen LogP contribution in [0.5, 0.6) is 0 Å². The van der Waals surface area contributed by atoms with Crippen molar-refractivity contribution in [1.29, 1.82) is 0 Å². The average molecular weight is 263 g/mol. The number of amides is 1. The number of carbonyl (C=O) groups is 2. The molecular weight excluding hydrogens is 246 g/mol. The Kier molecular flexibility index (Phi) is 4.11. The van der Waals surface area contributed by atoms with E-state index in [1.807, 2.05) is 0 Å². The summed E-state index contributed by atoms with van der Waals surface area (Å²) in [4.78, 5) is 28.3. The van der Waals surface area contributed by atoms with E-state index in [1.165, 1.54) is 6.92 Å². The van der Waals surface area contributed by atoms with Gasteiger partial charge in [0.15, 0.2) is 0 Å². The third-order valence-electron chi connectivity index (χ3n) is 3.17. The third kappa shape index (κ3) is 3.51. The van der Waals surface area contributed by atoms with Gasteiger partial charge in [0, 0.05) is 38.8 Å². The van der Waals surface area contributed by atoms with Gasteiger partial charge in [0.1, 0.15) is 0 Å². The first-order valence-electron chi connectivity index (χ1n) is 6.23. The Morgan fingerprint density at radius 2 is 2.37 bits per heavy atom. The number of aromatic carboxylic acids is 1. The maximum absolute atomic E-state index is 11.1. The highest BCUT2D eigenvalue weighted by atomic mass is 16.4. The molecule has 1 amide bonds. The number of hydrogen-bond acceptors (Lipinski definition) is 4. The van der Waals surface area contributed by atoms with E-state index in [9.17, 15) is 9.59 Å². The van der Waals surface area contributed by atoms with Crippen molar-refractivity contribution in [2.75, 3.05) is 13.1 Å². The molecule has 1 fully saturated rings. The molecule has 2 rings (SSSR count). The van der Waals surface area contributed by atoms with Crippen LogP contribution in [-0.4, -0.2) is 46.0 Å². The number of nitrogens with one attached hydrogen (secondary N) is 1. The molecule has 1 aromatic heterocycles. The number of pyridine rings is 1. The quantitative estimate of drug-likeness (QED) is 0.826. The molecule has 0 aliphatic carbocycles. The molecule has 0 aromatic carbocycles. The van der Waals surface area contributed by atoms with Crippen LogP contribution in [0.4, 0.5) is 0 Å². The van der Waals surface area contributed by atoms with Crippen molar-refractivity contribution in [2.24, 2.45) is 0 Å². The van der Waals surface area contributed by atoms with Crippen molar-refractivity contribution in [1.82, 2.24) is 15.2 Å². The number of aromatic nitrogens is 1. The fourth-order valence-corrected chi connectivity index (χ4v) is 2.35. The van der Waals surface area contributed by atoms with Gasteiger partial charge in [0.05, 0.1) is 11.3 Å². The molecule has 1 unspecified atom stereocenters. The highest BCUT2D eigenvalue weighted by Gasteiger charge is 2.24. The first-order valence-corrected chi connectivity index (χ1v) is 6.23. The van der Waals surface area contributed by atoms with E-state index < -0.39 is 5.97 Å². The molecule has 0 radical (unpaired) electrons. The number of carbonyl (C=O) groups excluding carboxylic acids is 1. The average Bonchev–Trinajstić information content (AvgIpc) is 2.76. The van der Waals surface area contributed by atoms with Gasteiger partial charge in [-0.3, -0.25) is 14.7 Å². The van der Waals surface area contributed by atoms with Crippen LogP contribution < -0.4 is 5.32 Å². The maximum atomic E-state index is 11.1. The predicted molar refractivity (Wildman–Crippen MR) is 68.7 cm³/mol. The summed E-state index contributed by atoms with van der Waals surface area (Å²) in [7, 11) is 0. The second-order valence-corrected chi connectivity index (χ2v) is 4.72. The molecule has 6 nitrogen and oxygen atoms in total. The topological polar surface area (TPSA) is 82.5 Å². The molecular formula is C13H17N3O3. The Hall–Kier alpha value is -1.95. The van der Waals surface area contributed by atoms with Crippen LogP contribution in [0.15, 0.2) is 18.3 Å². The first kappa shape index (κ1) is 13.5. The fraction of sp³-hybridized carbons (Fsp3) is 0.462.